The quantitative estimate of drug-likeness (QED) is 0.613. The van der Waals surface area contributed by atoms with Crippen molar-refractivity contribution in [2.75, 3.05) is 11.2 Å². The molecule has 0 atom stereocenters. The number of aromatic nitrogens is 2. The summed E-state index contributed by atoms with van der Waals surface area (Å²) in [7, 11) is 0. The number of halogens is 1. The Kier molecular flexibility index (Phi) is 4.95. The molecule has 0 radical (unpaired) electrons. The van der Waals surface area contributed by atoms with Crippen molar-refractivity contribution in [3.8, 4) is 0 Å². The number of hydrogen-bond donors (Lipinski definition) is 2. The molecule has 0 aliphatic rings. The average molecular weight is 244 g/mol. The smallest absolute Gasteiger partial charge is 0.187 e. The van der Waals surface area contributed by atoms with Gasteiger partial charge in [0.25, 0.3) is 0 Å². The minimum Gasteiger partial charge on any atom is -0.306 e. The first-order valence-electron chi connectivity index (χ1n) is 5.12. The van der Waals surface area contributed by atoms with Gasteiger partial charge in [-0.05, 0) is 18.6 Å². The van der Waals surface area contributed by atoms with Gasteiger partial charge in [0, 0.05) is 0 Å². The van der Waals surface area contributed by atoms with Gasteiger partial charge in [-0.25, -0.2) is 20.2 Å². The largest absolute Gasteiger partial charge is 0.306 e. The first kappa shape index (κ1) is 13.2. The molecule has 4 nitrogen and oxygen atoms in total. The van der Waals surface area contributed by atoms with Crippen LogP contribution in [0.2, 0.25) is 0 Å². The van der Waals surface area contributed by atoms with Gasteiger partial charge in [-0.2, -0.15) is 11.8 Å². The highest BCUT2D eigenvalue weighted by atomic mass is 32.2. The second kappa shape index (κ2) is 6.00. The van der Waals surface area contributed by atoms with Crippen LogP contribution in [-0.2, 0) is 5.75 Å². The maximum Gasteiger partial charge on any atom is 0.187 e. The first-order chi connectivity index (χ1) is 7.54. The fourth-order valence-electron chi connectivity index (χ4n) is 1.16. The van der Waals surface area contributed by atoms with Crippen molar-refractivity contribution >= 4 is 17.6 Å². The third kappa shape index (κ3) is 3.61. The summed E-state index contributed by atoms with van der Waals surface area (Å²) in [6.07, 6.45) is 0. The maximum atomic E-state index is 13.4. The SMILES string of the molecule is Cc1nc(CSCC(C)C)nc(NN)c1F. The Balaban J connectivity index is 2.70. The molecule has 16 heavy (non-hydrogen) atoms. The molecule has 0 spiro atoms. The number of thioether (sulfide) groups is 1. The first-order valence-corrected chi connectivity index (χ1v) is 6.27. The summed E-state index contributed by atoms with van der Waals surface area (Å²) >= 11 is 1.73. The Morgan fingerprint density at radius 3 is 2.69 bits per heavy atom. The highest BCUT2D eigenvalue weighted by Crippen LogP contribution is 2.17. The van der Waals surface area contributed by atoms with E-state index in [2.05, 4.69) is 29.2 Å². The Morgan fingerprint density at radius 2 is 2.12 bits per heavy atom. The summed E-state index contributed by atoms with van der Waals surface area (Å²) in [5.41, 5.74) is 2.56. The highest BCUT2D eigenvalue weighted by molar-refractivity contribution is 7.98. The summed E-state index contributed by atoms with van der Waals surface area (Å²) in [5.74, 6) is 7.69. The normalized spacial score (nSPS) is 10.9. The van der Waals surface area contributed by atoms with E-state index in [1.807, 2.05) is 0 Å². The van der Waals surface area contributed by atoms with Gasteiger partial charge >= 0.3 is 0 Å². The Hall–Kier alpha value is -0.880. The lowest BCUT2D eigenvalue weighted by molar-refractivity contribution is 0.602. The van der Waals surface area contributed by atoms with Gasteiger partial charge in [0.2, 0.25) is 0 Å². The van der Waals surface area contributed by atoms with E-state index < -0.39 is 5.82 Å². The van der Waals surface area contributed by atoms with Gasteiger partial charge < -0.3 is 5.43 Å². The molecule has 90 valence electrons. The van der Waals surface area contributed by atoms with Crippen molar-refractivity contribution in [2.24, 2.45) is 11.8 Å². The molecule has 0 fully saturated rings. The number of aryl methyl sites for hydroxylation is 1. The number of nitrogen functional groups attached to an aromatic ring is 1. The summed E-state index contributed by atoms with van der Waals surface area (Å²) in [5, 5.41) is 0. The number of hydrazine groups is 1. The monoisotopic (exact) mass is 244 g/mol. The molecule has 1 aromatic heterocycles. The predicted molar refractivity (Wildman–Crippen MR) is 65.5 cm³/mol. The van der Waals surface area contributed by atoms with Crippen molar-refractivity contribution < 1.29 is 4.39 Å². The number of anilines is 1. The third-order valence-corrected chi connectivity index (χ3v) is 3.25. The Bertz CT molecular complexity index is 357. The van der Waals surface area contributed by atoms with Gasteiger partial charge in [-0.1, -0.05) is 13.8 Å². The van der Waals surface area contributed by atoms with Crippen LogP contribution in [0.15, 0.2) is 0 Å². The summed E-state index contributed by atoms with van der Waals surface area (Å²) in [6, 6.07) is 0. The topological polar surface area (TPSA) is 63.8 Å². The summed E-state index contributed by atoms with van der Waals surface area (Å²) in [6.45, 7) is 5.90. The molecule has 0 aliphatic carbocycles. The molecule has 0 amide bonds. The molecular weight excluding hydrogens is 227 g/mol. The lowest BCUT2D eigenvalue weighted by atomic mass is 10.3. The summed E-state index contributed by atoms with van der Waals surface area (Å²) < 4.78 is 13.4. The van der Waals surface area contributed by atoms with Crippen LogP contribution in [0.4, 0.5) is 10.2 Å². The van der Waals surface area contributed by atoms with Gasteiger partial charge in [-0.15, -0.1) is 0 Å². The van der Waals surface area contributed by atoms with Gasteiger partial charge in [-0.3, -0.25) is 0 Å². The standard InChI is InChI=1S/C10H17FN4S/c1-6(2)4-16-5-8-13-7(3)9(11)10(14-8)15-12/h6H,4-5,12H2,1-3H3,(H,13,14,15). The zero-order valence-corrected chi connectivity index (χ0v) is 10.6. The molecule has 0 aliphatic heterocycles. The number of nitrogens with two attached hydrogens (primary N) is 1. The Labute approximate surface area is 99.2 Å². The molecule has 0 aromatic carbocycles. The van der Waals surface area contributed by atoms with Crippen molar-refractivity contribution in [2.45, 2.75) is 26.5 Å². The third-order valence-electron chi connectivity index (χ3n) is 1.88. The number of rotatable bonds is 5. The van der Waals surface area contributed by atoms with Crippen LogP contribution in [0.3, 0.4) is 0 Å². The van der Waals surface area contributed by atoms with Crippen LogP contribution >= 0.6 is 11.8 Å². The molecule has 1 rings (SSSR count). The predicted octanol–water partition coefficient (Wildman–Crippen LogP) is 2.10. The lowest BCUT2D eigenvalue weighted by Gasteiger charge is -2.07. The van der Waals surface area contributed by atoms with Crippen LogP contribution in [0, 0.1) is 18.7 Å². The second-order valence-electron chi connectivity index (χ2n) is 3.94. The minimum atomic E-state index is -0.486. The number of hydrogen-bond acceptors (Lipinski definition) is 5. The van der Waals surface area contributed by atoms with Crippen molar-refractivity contribution in [1.29, 1.82) is 0 Å². The highest BCUT2D eigenvalue weighted by Gasteiger charge is 2.10. The van der Waals surface area contributed by atoms with E-state index in [0.717, 1.165) is 5.75 Å². The summed E-state index contributed by atoms with van der Waals surface area (Å²) in [4.78, 5) is 8.08. The van der Waals surface area contributed by atoms with Crippen LogP contribution < -0.4 is 11.3 Å². The van der Waals surface area contributed by atoms with Gasteiger partial charge in [0.1, 0.15) is 5.82 Å². The molecule has 0 saturated carbocycles. The molecule has 3 N–H and O–H groups in total. The second-order valence-corrected chi connectivity index (χ2v) is 4.97. The van der Waals surface area contributed by atoms with E-state index in [9.17, 15) is 4.39 Å². The van der Waals surface area contributed by atoms with Gasteiger partial charge in [0.05, 0.1) is 11.4 Å². The van der Waals surface area contributed by atoms with E-state index in [-0.39, 0.29) is 5.82 Å². The van der Waals surface area contributed by atoms with E-state index in [0.29, 0.717) is 23.2 Å². The molecule has 6 heteroatoms. The van der Waals surface area contributed by atoms with Crippen molar-refractivity contribution in [3.05, 3.63) is 17.3 Å². The van der Waals surface area contributed by atoms with E-state index in [4.69, 9.17) is 5.84 Å². The van der Waals surface area contributed by atoms with E-state index in [1.54, 1.807) is 18.7 Å². The fraction of sp³-hybridized carbons (Fsp3) is 0.600. The van der Waals surface area contributed by atoms with Crippen LogP contribution in [0.1, 0.15) is 25.4 Å². The molecular formula is C10H17FN4S. The molecule has 0 unspecified atom stereocenters. The fourth-order valence-corrected chi connectivity index (χ4v) is 2.06. The maximum absolute atomic E-state index is 13.4. The van der Waals surface area contributed by atoms with E-state index in [1.165, 1.54) is 0 Å². The zero-order valence-electron chi connectivity index (χ0n) is 9.75. The minimum absolute atomic E-state index is 0.0626. The molecule has 1 aromatic rings. The number of nitrogens with zero attached hydrogens (tertiary/aromatic N) is 2. The van der Waals surface area contributed by atoms with Crippen LogP contribution in [-0.4, -0.2) is 15.7 Å². The van der Waals surface area contributed by atoms with Crippen LogP contribution in [0.25, 0.3) is 0 Å². The van der Waals surface area contributed by atoms with Crippen molar-refractivity contribution in [3.63, 3.8) is 0 Å². The molecule has 0 bridgehead atoms. The van der Waals surface area contributed by atoms with Crippen LogP contribution in [0.5, 0.6) is 0 Å². The lowest BCUT2D eigenvalue weighted by Crippen LogP contribution is -2.13. The molecule has 0 saturated heterocycles. The zero-order chi connectivity index (χ0) is 12.1. The van der Waals surface area contributed by atoms with Gasteiger partial charge in [0.15, 0.2) is 11.6 Å². The van der Waals surface area contributed by atoms with E-state index >= 15 is 0 Å². The Morgan fingerprint density at radius 1 is 1.44 bits per heavy atom. The molecule has 1 heterocycles. The average Bonchev–Trinajstić information content (AvgIpc) is 2.22. The number of nitrogens with one attached hydrogen (secondary N) is 1. The van der Waals surface area contributed by atoms with Crippen molar-refractivity contribution in [1.82, 2.24) is 9.97 Å².